The number of amides is 1. The van der Waals surface area contributed by atoms with Gasteiger partial charge in [0.05, 0.1) is 12.3 Å². The van der Waals surface area contributed by atoms with E-state index in [1.54, 1.807) is 24.3 Å². The lowest BCUT2D eigenvalue weighted by atomic mass is 10.2. The average Bonchev–Trinajstić information content (AvgIpc) is 2.70. The van der Waals surface area contributed by atoms with E-state index in [4.69, 9.17) is 4.74 Å². The number of isocyanates is 1. The first-order chi connectivity index (χ1) is 13.7. The zero-order valence-electron chi connectivity index (χ0n) is 16.4. The molecule has 1 amide bonds. The second-order valence-electron chi connectivity index (χ2n) is 6.56. The summed E-state index contributed by atoms with van der Waals surface area (Å²) in [4.78, 5) is 25.4. The highest BCUT2D eigenvalue weighted by atomic mass is 16.5. The first-order valence-corrected chi connectivity index (χ1v) is 9.82. The van der Waals surface area contributed by atoms with Crippen LogP contribution in [0.1, 0.15) is 44.7 Å². The van der Waals surface area contributed by atoms with Gasteiger partial charge in [0, 0.05) is 30.7 Å². The molecule has 28 heavy (non-hydrogen) atoms. The van der Waals surface area contributed by atoms with Gasteiger partial charge in [-0.2, -0.15) is 4.99 Å². The van der Waals surface area contributed by atoms with Crippen molar-refractivity contribution < 1.29 is 18.9 Å². The number of aryl methyl sites for hydroxylation is 2. The van der Waals surface area contributed by atoms with Gasteiger partial charge in [0.15, 0.2) is 11.9 Å². The maximum atomic E-state index is 11.8. The fourth-order valence-electron chi connectivity index (χ4n) is 2.94. The summed E-state index contributed by atoms with van der Waals surface area (Å²) in [6.07, 6.45) is 9.51. The normalized spacial score (nSPS) is 10.2. The van der Waals surface area contributed by atoms with E-state index >= 15 is 0 Å². The van der Waals surface area contributed by atoms with Crippen LogP contribution in [0.15, 0.2) is 53.7 Å². The average molecular weight is 382 g/mol. The highest BCUT2D eigenvalue weighted by Crippen LogP contribution is 2.15. The molecule has 1 heterocycles. The smallest absolute Gasteiger partial charge is 0.411 e. The number of aliphatic imine (C=N–C) groups is 1. The van der Waals surface area contributed by atoms with Crippen LogP contribution >= 0.6 is 0 Å². The lowest BCUT2D eigenvalue weighted by Gasteiger charge is -2.07. The number of hydrogen-bond acceptors (Lipinski definition) is 4. The molecular formula is C22H28N3O3+. The van der Waals surface area contributed by atoms with E-state index in [1.807, 2.05) is 0 Å². The lowest BCUT2D eigenvalue weighted by molar-refractivity contribution is -0.704. The first-order valence-electron chi connectivity index (χ1n) is 9.82. The van der Waals surface area contributed by atoms with Crippen LogP contribution in [0.3, 0.4) is 0 Å². The van der Waals surface area contributed by atoms with E-state index in [-0.39, 0.29) is 0 Å². The summed E-state index contributed by atoms with van der Waals surface area (Å²) in [5, 5.41) is 2.65. The molecular weight excluding hydrogens is 354 g/mol. The van der Waals surface area contributed by atoms with Crippen LogP contribution < -0.4 is 9.88 Å². The molecule has 1 aromatic carbocycles. The van der Waals surface area contributed by atoms with Gasteiger partial charge in [-0.1, -0.05) is 13.0 Å². The Bertz CT molecular complexity index is 784. The predicted octanol–water partition coefficient (Wildman–Crippen LogP) is 4.70. The molecule has 148 valence electrons. The molecule has 1 N–H and O–H groups in total. The fraction of sp³-hybridized carbons (Fsp3) is 0.409. The van der Waals surface area contributed by atoms with Crippen LogP contribution in [0, 0.1) is 0 Å². The summed E-state index contributed by atoms with van der Waals surface area (Å²) >= 11 is 0. The fourth-order valence-corrected chi connectivity index (χ4v) is 2.94. The molecule has 2 rings (SSSR count). The second kappa shape index (κ2) is 12.4. The van der Waals surface area contributed by atoms with Gasteiger partial charge < -0.3 is 4.74 Å². The molecule has 0 fully saturated rings. The molecule has 2 aromatic rings. The number of carbonyl (C=O) groups is 1. The van der Waals surface area contributed by atoms with Gasteiger partial charge in [-0.05, 0) is 49.9 Å². The van der Waals surface area contributed by atoms with E-state index in [0.717, 1.165) is 45.1 Å². The molecule has 0 aliphatic heterocycles. The van der Waals surface area contributed by atoms with Crippen molar-refractivity contribution in [1.29, 1.82) is 0 Å². The number of ether oxygens (including phenoxy) is 1. The van der Waals surface area contributed by atoms with Crippen LogP contribution in [0.2, 0.25) is 0 Å². The third kappa shape index (κ3) is 7.72. The zero-order chi connectivity index (χ0) is 20.0. The molecule has 0 radical (unpaired) electrons. The number of anilines is 1. The molecule has 0 atom stereocenters. The van der Waals surface area contributed by atoms with Crippen molar-refractivity contribution in [3.63, 3.8) is 0 Å². The number of nitrogens with one attached hydrogen (secondary N) is 1. The summed E-state index contributed by atoms with van der Waals surface area (Å²) in [6.45, 7) is 3.63. The lowest BCUT2D eigenvalue weighted by Crippen LogP contribution is -2.37. The van der Waals surface area contributed by atoms with Gasteiger partial charge >= 0.3 is 6.09 Å². The Labute approximate surface area is 166 Å². The standard InChI is InChI=1S/C22H27N3O3/c1-2-9-21-10-5-7-16-25(21)15-6-3-4-8-17-28-22(27)24-20-13-11-19(12-14-20)23-18-26/h5,7,10-14,16H,2-4,6,8-9,15,17H2,1H3/p+1. The zero-order valence-corrected chi connectivity index (χ0v) is 16.4. The summed E-state index contributed by atoms with van der Waals surface area (Å²) < 4.78 is 7.53. The predicted molar refractivity (Wildman–Crippen MR) is 108 cm³/mol. The maximum Gasteiger partial charge on any atom is 0.411 e. The molecule has 0 aliphatic rings. The van der Waals surface area contributed by atoms with Crippen molar-refractivity contribution in [3.05, 3.63) is 54.4 Å². The second-order valence-corrected chi connectivity index (χ2v) is 6.56. The molecule has 6 nitrogen and oxygen atoms in total. The maximum absolute atomic E-state index is 11.8. The van der Waals surface area contributed by atoms with E-state index in [2.05, 4.69) is 46.2 Å². The highest BCUT2D eigenvalue weighted by Gasteiger charge is 2.08. The Morgan fingerprint density at radius 1 is 1.11 bits per heavy atom. The minimum atomic E-state index is -0.476. The van der Waals surface area contributed by atoms with Gasteiger partial charge in [0.25, 0.3) is 0 Å². The molecule has 0 saturated carbocycles. The number of carbonyl (C=O) groups excluding carboxylic acids is 2. The van der Waals surface area contributed by atoms with Crippen LogP contribution in [-0.4, -0.2) is 18.8 Å². The van der Waals surface area contributed by atoms with Crippen LogP contribution in [0.5, 0.6) is 0 Å². The number of hydrogen-bond donors (Lipinski definition) is 1. The van der Waals surface area contributed by atoms with Gasteiger partial charge in [-0.3, -0.25) is 5.32 Å². The van der Waals surface area contributed by atoms with E-state index in [9.17, 15) is 9.59 Å². The number of benzene rings is 1. The van der Waals surface area contributed by atoms with Crippen molar-refractivity contribution in [2.24, 2.45) is 4.99 Å². The highest BCUT2D eigenvalue weighted by molar-refractivity contribution is 5.84. The third-order valence-corrected chi connectivity index (χ3v) is 4.36. The van der Waals surface area contributed by atoms with E-state index < -0.39 is 6.09 Å². The SMILES string of the molecule is CCCc1cccc[n+]1CCCCCCOC(=O)Nc1ccc(N=C=O)cc1. The van der Waals surface area contributed by atoms with Crippen molar-refractivity contribution in [3.8, 4) is 0 Å². The van der Waals surface area contributed by atoms with Crippen LogP contribution in [0.25, 0.3) is 0 Å². The van der Waals surface area contributed by atoms with Crippen molar-refractivity contribution >= 4 is 23.5 Å². The molecule has 0 saturated heterocycles. The van der Waals surface area contributed by atoms with Gasteiger partial charge in [0.2, 0.25) is 6.08 Å². The van der Waals surface area contributed by atoms with Gasteiger partial charge in [0.1, 0.15) is 6.54 Å². The van der Waals surface area contributed by atoms with Crippen LogP contribution in [0.4, 0.5) is 16.2 Å². The quantitative estimate of drug-likeness (QED) is 0.265. The van der Waals surface area contributed by atoms with Gasteiger partial charge in [-0.25, -0.2) is 14.2 Å². The third-order valence-electron chi connectivity index (χ3n) is 4.36. The number of rotatable bonds is 11. The topological polar surface area (TPSA) is 71.6 Å². The molecule has 6 heteroatoms. The van der Waals surface area contributed by atoms with Crippen molar-refractivity contribution in [2.45, 2.75) is 52.0 Å². The number of aromatic nitrogens is 1. The van der Waals surface area contributed by atoms with E-state index in [1.165, 1.54) is 11.8 Å². The molecule has 0 spiro atoms. The Balaban J connectivity index is 1.57. The van der Waals surface area contributed by atoms with E-state index in [0.29, 0.717) is 18.0 Å². The Kier molecular flexibility index (Phi) is 9.45. The Morgan fingerprint density at radius 3 is 2.64 bits per heavy atom. The Morgan fingerprint density at radius 2 is 1.89 bits per heavy atom. The van der Waals surface area contributed by atoms with Crippen molar-refractivity contribution in [1.82, 2.24) is 0 Å². The van der Waals surface area contributed by atoms with Gasteiger partial charge in [-0.15, -0.1) is 0 Å². The first kappa shape index (κ1) is 21.3. The summed E-state index contributed by atoms with van der Waals surface area (Å²) in [7, 11) is 0. The van der Waals surface area contributed by atoms with Crippen molar-refractivity contribution in [2.75, 3.05) is 11.9 Å². The summed E-state index contributed by atoms with van der Waals surface area (Å²) in [6, 6.07) is 12.9. The molecule has 0 aliphatic carbocycles. The molecule has 0 bridgehead atoms. The largest absolute Gasteiger partial charge is 0.449 e. The number of unbranched alkanes of at least 4 members (excludes halogenated alkanes) is 3. The Hall–Kier alpha value is -2.98. The summed E-state index contributed by atoms with van der Waals surface area (Å²) in [5.74, 6) is 0. The molecule has 0 unspecified atom stereocenters. The minimum absolute atomic E-state index is 0.402. The monoisotopic (exact) mass is 382 g/mol. The van der Waals surface area contributed by atoms with Crippen LogP contribution in [-0.2, 0) is 22.5 Å². The number of pyridine rings is 1. The number of nitrogens with zero attached hydrogens (tertiary/aromatic N) is 2. The molecule has 1 aromatic heterocycles. The summed E-state index contributed by atoms with van der Waals surface area (Å²) in [5.41, 5.74) is 2.47. The minimum Gasteiger partial charge on any atom is -0.449 e.